The Balaban J connectivity index is 1.05. The molecule has 0 fully saturated rings. The first-order chi connectivity index (χ1) is 28.0. The highest BCUT2D eigenvalue weighted by molar-refractivity contribution is 7.99. The zero-order valence-corrected chi connectivity index (χ0v) is 34.6. The smallest absolute Gasteiger partial charge is 0.293 e. The molecule has 298 valence electrons. The van der Waals surface area contributed by atoms with E-state index in [-0.39, 0.29) is 28.1 Å². The molecule has 1 unspecified atom stereocenters. The number of nitro benzene ring substituents is 1. The quantitative estimate of drug-likeness (QED) is 0.0552. The first-order valence-corrected chi connectivity index (χ1v) is 21.8. The van der Waals surface area contributed by atoms with Crippen LogP contribution in [-0.4, -0.2) is 78.6 Å². The van der Waals surface area contributed by atoms with Crippen molar-refractivity contribution in [2.24, 2.45) is 0 Å². The van der Waals surface area contributed by atoms with Crippen molar-refractivity contribution in [1.82, 2.24) is 19.8 Å². The minimum absolute atomic E-state index is 0.0891. The van der Waals surface area contributed by atoms with Crippen molar-refractivity contribution in [2.45, 2.75) is 35.2 Å². The van der Waals surface area contributed by atoms with E-state index in [9.17, 15) is 18.5 Å². The topological polar surface area (TPSA) is 134 Å². The van der Waals surface area contributed by atoms with Gasteiger partial charge in [-0.2, -0.15) is 0 Å². The van der Waals surface area contributed by atoms with Gasteiger partial charge in [0.2, 0.25) is 0 Å². The van der Waals surface area contributed by atoms with E-state index in [2.05, 4.69) is 60.1 Å². The molecule has 0 aliphatic carbocycles. The summed E-state index contributed by atoms with van der Waals surface area (Å²) < 4.78 is 30.0. The van der Waals surface area contributed by atoms with E-state index in [1.807, 2.05) is 86.9 Å². The fourth-order valence-electron chi connectivity index (χ4n) is 6.95. The summed E-state index contributed by atoms with van der Waals surface area (Å²) in [6.07, 6.45) is 5.12. The minimum atomic E-state index is -4.27. The molecule has 6 aromatic rings. The van der Waals surface area contributed by atoms with Gasteiger partial charge in [-0.1, -0.05) is 78.3 Å². The second kappa shape index (κ2) is 18.5. The van der Waals surface area contributed by atoms with Crippen LogP contribution in [0.4, 0.5) is 17.2 Å². The van der Waals surface area contributed by atoms with Gasteiger partial charge >= 0.3 is 0 Å². The van der Waals surface area contributed by atoms with E-state index >= 15 is 0 Å². The Hall–Kier alpha value is -5.31. The minimum Gasteiger partial charge on any atom is -0.376 e. The van der Waals surface area contributed by atoms with Gasteiger partial charge in [-0.25, -0.2) is 18.4 Å². The molecule has 2 heterocycles. The predicted octanol–water partition coefficient (Wildman–Crippen LogP) is 9.47. The molecule has 58 heavy (non-hydrogen) atoms. The summed E-state index contributed by atoms with van der Waals surface area (Å²) in [4.78, 5) is 25.8. The molecular formula is C44H44ClN7O4S2. The molecule has 0 radical (unpaired) electrons. The Labute approximate surface area is 348 Å². The number of benzene rings is 5. The SMILES string of the molecule is CN(C)CCC(CSc1ccccc1)Nc1ccc(S(=O)(=O)Nc2ncnc3cc(C4=CCN(Cc5ccccc5-c5ccc(Cl)cc5)CC4)ccc23)cc1[N+](=O)[O-]. The second-order valence-corrected chi connectivity index (χ2v) is 17.6. The highest BCUT2D eigenvalue weighted by Crippen LogP contribution is 2.33. The van der Waals surface area contributed by atoms with Crippen molar-refractivity contribution in [1.29, 1.82) is 0 Å². The molecule has 0 amide bonds. The van der Waals surface area contributed by atoms with Gasteiger partial charge in [0.1, 0.15) is 12.0 Å². The highest BCUT2D eigenvalue weighted by Gasteiger charge is 2.25. The van der Waals surface area contributed by atoms with E-state index in [1.165, 1.54) is 35.2 Å². The molecule has 1 aliphatic rings. The molecular weight excluding hydrogens is 790 g/mol. The molecule has 2 N–H and O–H groups in total. The van der Waals surface area contributed by atoms with E-state index < -0.39 is 14.9 Å². The van der Waals surface area contributed by atoms with E-state index in [0.717, 1.165) is 61.1 Å². The Morgan fingerprint density at radius 2 is 1.69 bits per heavy atom. The molecule has 14 heteroatoms. The van der Waals surface area contributed by atoms with Crippen molar-refractivity contribution in [3.63, 3.8) is 0 Å². The van der Waals surface area contributed by atoms with Crippen molar-refractivity contribution < 1.29 is 13.3 Å². The Morgan fingerprint density at radius 1 is 0.931 bits per heavy atom. The van der Waals surface area contributed by atoms with Gasteiger partial charge in [0, 0.05) is 52.8 Å². The molecule has 0 bridgehead atoms. The van der Waals surface area contributed by atoms with Gasteiger partial charge < -0.3 is 10.2 Å². The van der Waals surface area contributed by atoms with Gasteiger partial charge in [0.25, 0.3) is 15.7 Å². The number of sulfonamides is 1. The number of fused-ring (bicyclic) bond motifs is 1. The van der Waals surface area contributed by atoms with Crippen molar-refractivity contribution in [2.75, 3.05) is 49.5 Å². The Morgan fingerprint density at radius 3 is 2.43 bits per heavy atom. The molecule has 1 aliphatic heterocycles. The average molecular weight is 834 g/mol. The molecule has 0 saturated carbocycles. The van der Waals surface area contributed by atoms with Gasteiger partial charge in [0.15, 0.2) is 5.82 Å². The maximum Gasteiger partial charge on any atom is 0.293 e. The van der Waals surface area contributed by atoms with Crippen LogP contribution in [0.15, 0.2) is 137 Å². The fraction of sp³-hybridized carbons (Fsp3) is 0.227. The average Bonchev–Trinajstić information content (AvgIpc) is 3.23. The number of nitrogens with zero attached hydrogens (tertiary/aromatic N) is 5. The lowest BCUT2D eigenvalue weighted by Gasteiger charge is -2.27. The number of rotatable bonds is 16. The second-order valence-electron chi connectivity index (χ2n) is 14.4. The number of nitrogens with one attached hydrogen (secondary N) is 2. The summed E-state index contributed by atoms with van der Waals surface area (Å²) in [5.74, 6) is 0.752. The number of anilines is 2. The van der Waals surface area contributed by atoms with Crippen LogP contribution in [0.1, 0.15) is 24.0 Å². The standard InChI is InChI=1S/C44H44ClN7O4S2/c1-50(2)23-22-36(29-57-37-9-4-3-5-10-37)48-41-19-17-38(27-43(41)52(53)54)58(55,56)49-44-40-18-14-33(26-42(40)46-30-47-44)31-20-24-51(25-21-31)28-34-8-6-7-11-39(34)32-12-15-35(45)16-13-32/h3-20,26-27,30,36,48H,21-25,28-29H2,1-2H3,(H,46,47,49). The number of aromatic nitrogens is 2. The van der Waals surface area contributed by atoms with Crippen molar-refractivity contribution >= 4 is 67.1 Å². The van der Waals surface area contributed by atoms with Crippen LogP contribution in [0, 0.1) is 10.1 Å². The van der Waals surface area contributed by atoms with Gasteiger partial charge in [-0.3, -0.25) is 19.7 Å². The molecule has 11 nitrogen and oxygen atoms in total. The number of halogens is 1. The van der Waals surface area contributed by atoms with Crippen molar-refractivity contribution in [3.8, 4) is 11.1 Å². The van der Waals surface area contributed by atoms with Gasteiger partial charge in [0.05, 0.1) is 15.3 Å². The zero-order valence-electron chi connectivity index (χ0n) is 32.2. The first kappa shape index (κ1) is 40.9. The van der Waals surface area contributed by atoms with Crippen LogP contribution >= 0.6 is 23.4 Å². The maximum atomic E-state index is 13.7. The van der Waals surface area contributed by atoms with E-state index in [0.29, 0.717) is 21.7 Å². The monoisotopic (exact) mass is 833 g/mol. The fourth-order valence-corrected chi connectivity index (χ4v) is 9.12. The molecule has 1 atom stereocenters. The van der Waals surface area contributed by atoms with Crippen LogP contribution in [0.25, 0.3) is 27.6 Å². The molecule has 7 rings (SSSR count). The molecule has 0 spiro atoms. The van der Waals surface area contributed by atoms with E-state index in [1.54, 1.807) is 11.8 Å². The highest BCUT2D eigenvalue weighted by atomic mass is 35.5. The van der Waals surface area contributed by atoms with E-state index in [4.69, 9.17) is 11.6 Å². The first-order valence-electron chi connectivity index (χ1n) is 18.9. The van der Waals surface area contributed by atoms with Crippen LogP contribution in [0.2, 0.25) is 5.02 Å². The third-order valence-corrected chi connectivity index (χ3v) is 12.8. The number of hydrogen-bond donors (Lipinski definition) is 2. The molecule has 0 saturated heterocycles. The lowest BCUT2D eigenvalue weighted by Crippen LogP contribution is -2.28. The summed E-state index contributed by atoms with van der Waals surface area (Å²) in [5, 5.41) is 16.9. The third kappa shape index (κ3) is 10.2. The van der Waals surface area contributed by atoms with Gasteiger partial charge in [-0.05, 0) is 110 Å². The summed E-state index contributed by atoms with van der Waals surface area (Å²) >= 11 is 7.79. The Kier molecular flexibility index (Phi) is 13.0. The lowest BCUT2D eigenvalue weighted by atomic mass is 9.96. The largest absolute Gasteiger partial charge is 0.376 e. The predicted molar refractivity (Wildman–Crippen MR) is 236 cm³/mol. The number of thioether (sulfide) groups is 1. The summed E-state index contributed by atoms with van der Waals surface area (Å²) in [6, 6.07) is 35.8. The van der Waals surface area contributed by atoms with Crippen LogP contribution in [0.3, 0.4) is 0 Å². The van der Waals surface area contributed by atoms with Gasteiger partial charge in [-0.15, -0.1) is 11.8 Å². The Bertz CT molecular complexity index is 2540. The maximum absolute atomic E-state index is 13.7. The number of hydrogen-bond acceptors (Lipinski definition) is 10. The summed E-state index contributed by atoms with van der Waals surface area (Å²) in [6.45, 7) is 3.23. The van der Waals surface area contributed by atoms with Crippen LogP contribution < -0.4 is 10.0 Å². The molecule has 5 aromatic carbocycles. The lowest BCUT2D eigenvalue weighted by molar-refractivity contribution is -0.384. The molecule has 1 aromatic heterocycles. The van der Waals surface area contributed by atoms with Crippen molar-refractivity contribution in [3.05, 3.63) is 154 Å². The number of nitro groups is 1. The van der Waals surface area contributed by atoms with Crippen LogP contribution in [-0.2, 0) is 16.6 Å². The normalized spacial score (nSPS) is 14.0. The summed E-state index contributed by atoms with van der Waals surface area (Å²) in [7, 11) is -0.313. The summed E-state index contributed by atoms with van der Waals surface area (Å²) in [5.41, 5.74) is 6.27. The van der Waals surface area contributed by atoms with Crippen LogP contribution in [0.5, 0.6) is 0 Å². The third-order valence-electron chi connectivity index (χ3n) is 10.1. The zero-order chi connectivity index (χ0) is 40.6.